The summed E-state index contributed by atoms with van der Waals surface area (Å²) in [6, 6.07) is 3.89. The Morgan fingerprint density at radius 3 is 2.58 bits per heavy atom. The molecule has 0 saturated carbocycles. The summed E-state index contributed by atoms with van der Waals surface area (Å²) >= 11 is 0. The lowest BCUT2D eigenvalue weighted by Crippen LogP contribution is -2.33. The van der Waals surface area contributed by atoms with Crippen LogP contribution >= 0.6 is 0 Å². The summed E-state index contributed by atoms with van der Waals surface area (Å²) < 4.78 is 39.6. The number of hydrogen-bond acceptors (Lipinski definition) is 3. The molecular formula is C13H20FNO3S. The van der Waals surface area contributed by atoms with Crippen LogP contribution in [0.4, 0.5) is 4.39 Å². The predicted octanol–water partition coefficient (Wildman–Crippen LogP) is 1.82. The van der Waals surface area contributed by atoms with Crippen LogP contribution in [-0.4, -0.2) is 26.2 Å². The molecule has 4 nitrogen and oxygen atoms in total. The quantitative estimate of drug-likeness (QED) is 0.839. The van der Waals surface area contributed by atoms with Gasteiger partial charge in [-0.1, -0.05) is 19.9 Å². The van der Waals surface area contributed by atoms with E-state index in [0.29, 0.717) is 12.0 Å². The molecule has 1 unspecified atom stereocenters. The molecule has 0 heterocycles. The standard InChI is InChI=1S/C13H20FNO3S/c1-9(2)6-11(16)8-15-19(17,18)13-7-10(3)4-5-12(13)14/h4-5,7,9,11,15-16H,6,8H2,1-3H3. The fraction of sp³-hybridized carbons (Fsp3) is 0.538. The number of aliphatic hydroxyl groups excluding tert-OH is 1. The minimum Gasteiger partial charge on any atom is -0.392 e. The van der Waals surface area contributed by atoms with Crippen molar-refractivity contribution in [3.05, 3.63) is 29.6 Å². The maximum absolute atomic E-state index is 13.5. The summed E-state index contributed by atoms with van der Waals surface area (Å²) in [7, 11) is -3.93. The van der Waals surface area contributed by atoms with E-state index < -0.39 is 21.9 Å². The van der Waals surface area contributed by atoms with Crippen LogP contribution in [-0.2, 0) is 10.0 Å². The molecule has 0 radical (unpaired) electrons. The molecular weight excluding hydrogens is 269 g/mol. The number of halogens is 1. The molecule has 6 heteroatoms. The highest BCUT2D eigenvalue weighted by Crippen LogP contribution is 2.16. The van der Waals surface area contributed by atoms with Crippen molar-refractivity contribution < 1.29 is 17.9 Å². The molecule has 1 aromatic rings. The van der Waals surface area contributed by atoms with Crippen molar-refractivity contribution in [3.8, 4) is 0 Å². The zero-order chi connectivity index (χ0) is 14.6. The Labute approximate surface area is 113 Å². The van der Waals surface area contributed by atoms with Gasteiger partial charge in [0.05, 0.1) is 6.10 Å². The zero-order valence-electron chi connectivity index (χ0n) is 11.4. The lowest BCUT2D eigenvalue weighted by Gasteiger charge is -2.14. The molecule has 0 saturated heterocycles. The minimum atomic E-state index is -3.93. The number of aliphatic hydroxyl groups is 1. The van der Waals surface area contributed by atoms with E-state index >= 15 is 0 Å². The Bertz CT molecular complexity index is 529. The predicted molar refractivity (Wildman–Crippen MR) is 71.8 cm³/mol. The van der Waals surface area contributed by atoms with Gasteiger partial charge in [-0.2, -0.15) is 0 Å². The molecule has 0 aliphatic rings. The number of rotatable bonds is 6. The third kappa shape index (κ3) is 4.89. The number of nitrogens with one attached hydrogen (secondary N) is 1. The van der Waals surface area contributed by atoms with Crippen LogP contribution in [0.5, 0.6) is 0 Å². The number of aryl methyl sites for hydroxylation is 1. The third-order valence-corrected chi connectivity index (χ3v) is 4.07. The van der Waals surface area contributed by atoms with Crippen LogP contribution in [0, 0.1) is 18.7 Å². The van der Waals surface area contributed by atoms with E-state index in [1.54, 1.807) is 6.92 Å². The second-order valence-electron chi connectivity index (χ2n) is 5.07. The summed E-state index contributed by atoms with van der Waals surface area (Å²) in [5.41, 5.74) is 0.657. The summed E-state index contributed by atoms with van der Waals surface area (Å²) in [6.07, 6.45) is -0.290. The fourth-order valence-corrected chi connectivity index (χ4v) is 2.96. The van der Waals surface area contributed by atoms with E-state index in [1.165, 1.54) is 12.1 Å². The number of sulfonamides is 1. The van der Waals surface area contributed by atoms with Crippen LogP contribution in [0.25, 0.3) is 0 Å². The molecule has 1 aromatic carbocycles. The molecule has 0 aliphatic carbocycles. The second kappa shape index (κ2) is 6.45. The first-order valence-corrected chi connectivity index (χ1v) is 7.64. The highest BCUT2D eigenvalue weighted by atomic mass is 32.2. The zero-order valence-corrected chi connectivity index (χ0v) is 12.2. The Kier molecular flexibility index (Phi) is 5.46. The minimum absolute atomic E-state index is 0.117. The molecule has 108 valence electrons. The van der Waals surface area contributed by atoms with E-state index in [1.807, 2.05) is 13.8 Å². The summed E-state index contributed by atoms with van der Waals surface area (Å²) in [5, 5.41) is 9.63. The average Bonchev–Trinajstić information content (AvgIpc) is 2.29. The number of hydrogen-bond donors (Lipinski definition) is 2. The smallest absolute Gasteiger partial charge is 0.243 e. The van der Waals surface area contributed by atoms with Crippen molar-refractivity contribution in [2.75, 3.05) is 6.54 Å². The first kappa shape index (κ1) is 16.1. The van der Waals surface area contributed by atoms with Gasteiger partial charge in [0.25, 0.3) is 0 Å². The average molecular weight is 289 g/mol. The van der Waals surface area contributed by atoms with Crippen molar-refractivity contribution >= 4 is 10.0 Å². The highest BCUT2D eigenvalue weighted by molar-refractivity contribution is 7.89. The van der Waals surface area contributed by atoms with Crippen molar-refractivity contribution in [2.24, 2.45) is 5.92 Å². The molecule has 0 fully saturated rings. The molecule has 0 aromatic heterocycles. The van der Waals surface area contributed by atoms with E-state index in [9.17, 15) is 17.9 Å². The van der Waals surface area contributed by atoms with Gasteiger partial charge in [-0.05, 0) is 37.0 Å². The van der Waals surface area contributed by atoms with Gasteiger partial charge >= 0.3 is 0 Å². The van der Waals surface area contributed by atoms with Gasteiger partial charge in [0.15, 0.2) is 0 Å². The number of benzene rings is 1. The van der Waals surface area contributed by atoms with Gasteiger partial charge in [0.1, 0.15) is 10.7 Å². The molecule has 1 rings (SSSR count). The largest absolute Gasteiger partial charge is 0.392 e. The van der Waals surface area contributed by atoms with E-state index in [-0.39, 0.29) is 17.4 Å². The molecule has 0 amide bonds. The Balaban J connectivity index is 2.79. The van der Waals surface area contributed by atoms with Crippen LogP contribution in [0.3, 0.4) is 0 Å². The SMILES string of the molecule is Cc1ccc(F)c(S(=O)(=O)NCC(O)CC(C)C)c1. The van der Waals surface area contributed by atoms with Crippen molar-refractivity contribution in [3.63, 3.8) is 0 Å². The normalized spacial score (nSPS) is 13.8. The fourth-order valence-electron chi connectivity index (χ4n) is 1.73. The Morgan fingerprint density at radius 2 is 2.00 bits per heavy atom. The van der Waals surface area contributed by atoms with Crippen LogP contribution in [0.15, 0.2) is 23.1 Å². The molecule has 1 atom stereocenters. The molecule has 0 aliphatic heterocycles. The second-order valence-corrected chi connectivity index (χ2v) is 6.80. The van der Waals surface area contributed by atoms with Gasteiger partial charge < -0.3 is 5.11 Å². The van der Waals surface area contributed by atoms with E-state index in [0.717, 1.165) is 6.07 Å². The highest BCUT2D eigenvalue weighted by Gasteiger charge is 2.20. The summed E-state index contributed by atoms with van der Waals surface area (Å²) in [5.74, 6) is -0.536. The maximum Gasteiger partial charge on any atom is 0.243 e. The van der Waals surface area contributed by atoms with Crippen molar-refractivity contribution in [1.29, 1.82) is 0 Å². The molecule has 19 heavy (non-hydrogen) atoms. The van der Waals surface area contributed by atoms with Crippen LogP contribution < -0.4 is 4.72 Å². The van der Waals surface area contributed by atoms with Gasteiger partial charge in [-0.3, -0.25) is 0 Å². The van der Waals surface area contributed by atoms with Gasteiger partial charge in [0.2, 0.25) is 10.0 Å². The lowest BCUT2D eigenvalue weighted by atomic mass is 10.1. The summed E-state index contributed by atoms with van der Waals surface area (Å²) in [6.45, 7) is 5.43. The first-order chi connectivity index (χ1) is 8.72. The van der Waals surface area contributed by atoms with Crippen molar-refractivity contribution in [1.82, 2.24) is 4.72 Å². The van der Waals surface area contributed by atoms with E-state index in [4.69, 9.17) is 0 Å². The Morgan fingerprint density at radius 1 is 1.37 bits per heavy atom. The lowest BCUT2D eigenvalue weighted by molar-refractivity contribution is 0.152. The first-order valence-electron chi connectivity index (χ1n) is 6.16. The summed E-state index contributed by atoms with van der Waals surface area (Å²) in [4.78, 5) is -0.385. The Hall–Kier alpha value is -0.980. The maximum atomic E-state index is 13.5. The van der Waals surface area contributed by atoms with Gasteiger partial charge in [-0.25, -0.2) is 17.5 Å². The van der Waals surface area contributed by atoms with Gasteiger partial charge in [-0.15, -0.1) is 0 Å². The van der Waals surface area contributed by atoms with Gasteiger partial charge in [0, 0.05) is 6.54 Å². The van der Waals surface area contributed by atoms with Crippen LogP contribution in [0.1, 0.15) is 25.8 Å². The van der Waals surface area contributed by atoms with Crippen LogP contribution in [0.2, 0.25) is 0 Å². The monoisotopic (exact) mass is 289 g/mol. The molecule has 2 N–H and O–H groups in total. The molecule has 0 bridgehead atoms. The third-order valence-electron chi connectivity index (χ3n) is 2.63. The topological polar surface area (TPSA) is 66.4 Å². The van der Waals surface area contributed by atoms with Crippen molar-refractivity contribution in [2.45, 2.75) is 38.2 Å². The molecule has 0 spiro atoms. The van der Waals surface area contributed by atoms with E-state index in [2.05, 4.69) is 4.72 Å².